The van der Waals surface area contributed by atoms with E-state index in [0.29, 0.717) is 29.8 Å². The van der Waals surface area contributed by atoms with Gasteiger partial charge < -0.3 is 13.9 Å². The molecule has 0 saturated carbocycles. The van der Waals surface area contributed by atoms with E-state index in [1.807, 2.05) is 66.7 Å². The Morgan fingerprint density at radius 3 is 2.63 bits per heavy atom. The molecule has 0 N–H and O–H groups in total. The first-order valence-electron chi connectivity index (χ1n) is 9.24. The SMILES string of the molecule is COc1ccc(-c2nnc(Cc3cccc(Cl)c3)o2)cc1COc1ccccc1Br. The van der Waals surface area contributed by atoms with Crippen LogP contribution in [0.4, 0.5) is 0 Å². The largest absolute Gasteiger partial charge is 0.496 e. The standard InChI is InChI=1S/C23H18BrClN2O3/c1-28-20-10-9-16(13-17(20)14-29-21-8-3-2-7-19(21)24)23-27-26-22(30-23)12-15-5-4-6-18(25)11-15/h2-11,13H,12,14H2,1H3. The van der Waals surface area contributed by atoms with Crippen molar-refractivity contribution in [3.63, 3.8) is 0 Å². The Hall–Kier alpha value is -2.83. The fourth-order valence-corrected chi connectivity index (χ4v) is 3.62. The maximum Gasteiger partial charge on any atom is 0.247 e. The topological polar surface area (TPSA) is 57.4 Å². The highest BCUT2D eigenvalue weighted by Crippen LogP contribution is 2.29. The van der Waals surface area contributed by atoms with Gasteiger partial charge in [0.1, 0.15) is 18.1 Å². The Bertz CT molecular complexity index is 1160. The van der Waals surface area contributed by atoms with Crippen LogP contribution in [0.1, 0.15) is 17.0 Å². The highest BCUT2D eigenvalue weighted by atomic mass is 79.9. The second kappa shape index (κ2) is 9.32. The van der Waals surface area contributed by atoms with Crippen molar-refractivity contribution < 1.29 is 13.9 Å². The Morgan fingerprint density at radius 2 is 1.83 bits per heavy atom. The molecule has 0 aliphatic heterocycles. The molecule has 30 heavy (non-hydrogen) atoms. The average molecular weight is 486 g/mol. The molecule has 0 radical (unpaired) electrons. The molecule has 4 rings (SSSR count). The molecule has 7 heteroatoms. The van der Waals surface area contributed by atoms with E-state index < -0.39 is 0 Å². The highest BCUT2D eigenvalue weighted by Gasteiger charge is 2.13. The summed E-state index contributed by atoms with van der Waals surface area (Å²) < 4.78 is 18.2. The lowest BCUT2D eigenvalue weighted by atomic mass is 10.1. The number of hydrogen-bond donors (Lipinski definition) is 0. The summed E-state index contributed by atoms with van der Waals surface area (Å²) in [5.41, 5.74) is 2.68. The van der Waals surface area contributed by atoms with Crippen LogP contribution in [0.2, 0.25) is 5.02 Å². The first-order chi connectivity index (χ1) is 14.6. The van der Waals surface area contributed by atoms with E-state index in [2.05, 4.69) is 26.1 Å². The van der Waals surface area contributed by atoms with Crippen LogP contribution < -0.4 is 9.47 Å². The van der Waals surface area contributed by atoms with Crippen LogP contribution in [0.25, 0.3) is 11.5 Å². The third kappa shape index (κ3) is 4.83. The van der Waals surface area contributed by atoms with Crippen LogP contribution >= 0.6 is 27.5 Å². The smallest absolute Gasteiger partial charge is 0.247 e. The maximum atomic E-state index is 6.05. The number of hydrogen-bond acceptors (Lipinski definition) is 5. The summed E-state index contributed by atoms with van der Waals surface area (Å²) in [5.74, 6) is 2.45. The van der Waals surface area contributed by atoms with E-state index in [1.165, 1.54) is 0 Å². The van der Waals surface area contributed by atoms with Crippen LogP contribution in [0.15, 0.2) is 75.6 Å². The predicted octanol–water partition coefficient (Wildman–Crippen LogP) is 6.33. The summed E-state index contributed by atoms with van der Waals surface area (Å²) in [6, 6.07) is 21.0. The third-order valence-corrected chi connectivity index (χ3v) is 5.35. The number of aromatic nitrogens is 2. The van der Waals surface area contributed by atoms with E-state index in [0.717, 1.165) is 32.7 Å². The van der Waals surface area contributed by atoms with Crippen LogP contribution in [0, 0.1) is 0 Å². The van der Waals surface area contributed by atoms with E-state index in [4.69, 9.17) is 25.5 Å². The average Bonchev–Trinajstić information content (AvgIpc) is 3.21. The number of halogens is 2. The molecule has 0 saturated heterocycles. The quantitative estimate of drug-likeness (QED) is 0.306. The molecule has 5 nitrogen and oxygen atoms in total. The van der Waals surface area contributed by atoms with Crippen LogP contribution in [-0.4, -0.2) is 17.3 Å². The van der Waals surface area contributed by atoms with Crippen molar-refractivity contribution in [3.8, 4) is 23.0 Å². The van der Waals surface area contributed by atoms with Crippen molar-refractivity contribution in [1.82, 2.24) is 10.2 Å². The zero-order chi connectivity index (χ0) is 20.9. The zero-order valence-corrected chi connectivity index (χ0v) is 18.5. The van der Waals surface area contributed by atoms with Gasteiger partial charge in [0.05, 0.1) is 18.0 Å². The van der Waals surface area contributed by atoms with Gasteiger partial charge in [-0.05, 0) is 64.0 Å². The molecule has 0 bridgehead atoms. The van der Waals surface area contributed by atoms with E-state index in [1.54, 1.807) is 7.11 Å². The summed E-state index contributed by atoms with van der Waals surface area (Å²) in [5, 5.41) is 9.04. The first kappa shape index (κ1) is 20.4. The van der Waals surface area contributed by atoms with Gasteiger partial charge in [0.25, 0.3) is 0 Å². The monoisotopic (exact) mass is 484 g/mol. The minimum atomic E-state index is 0.336. The molecule has 0 spiro atoms. The van der Waals surface area contributed by atoms with Gasteiger partial charge in [0.2, 0.25) is 11.8 Å². The number of ether oxygens (including phenoxy) is 2. The van der Waals surface area contributed by atoms with Gasteiger partial charge >= 0.3 is 0 Å². The summed E-state index contributed by atoms with van der Waals surface area (Å²) in [6.45, 7) is 0.336. The number of para-hydroxylation sites is 1. The Kier molecular flexibility index (Phi) is 6.35. The van der Waals surface area contributed by atoms with Gasteiger partial charge in [-0.3, -0.25) is 0 Å². The number of rotatable bonds is 7. The molecule has 1 heterocycles. The van der Waals surface area contributed by atoms with Crippen molar-refractivity contribution in [2.75, 3.05) is 7.11 Å². The number of benzene rings is 3. The van der Waals surface area contributed by atoms with Crippen LogP contribution in [0.3, 0.4) is 0 Å². The van der Waals surface area contributed by atoms with Gasteiger partial charge in [0, 0.05) is 16.1 Å². The third-order valence-electron chi connectivity index (χ3n) is 4.46. The molecule has 3 aromatic carbocycles. The van der Waals surface area contributed by atoms with Gasteiger partial charge in [-0.15, -0.1) is 10.2 Å². The van der Waals surface area contributed by atoms with E-state index >= 15 is 0 Å². The lowest BCUT2D eigenvalue weighted by Crippen LogP contribution is -1.99. The minimum Gasteiger partial charge on any atom is -0.496 e. The normalized spacial score (nSPS) is 10.8. The van der Waals surface area contributed by atoms with Gasteiger partial charge in [-0.2, -0.15) is 0 Å². The number of nitrogens with zero attached hydrogens (tertiary/aromatic N) is 2. The second-order valence-electron chi connectivity index (χ2n) is 6.55. The lowest BCUT2D eigenvalue weighted by Gasteiger charge is -2.12. The predicted molar refractivity (Wildman–Crippen MR) is 119 cm³/mol. The van der Waals surface area contributed by atoms with Crippen molar-refractivity contribution in [2.24, 2.45) is 0 Å². The molecule has 0 aliphatic carbocycles. The van der Waals surface area contributed by atoms with Crippen molar-refractivity contribution in [1.29, 1.82) is 0 Å². The Balaban J connectivity index is 1.54. The molecule has 0 unspecified atom stereocenters. The van der Waals surface area contributed by atoms with Gasteiger partial charge in [-0.25, -0.2) is 0 Å². The van der Waals surface area contributed by atoms with Crippen molar-refractivity contribution >= 4 is 27.5 Å². The molecule has 0 aliphatic rings. The maximum absolute atomic E-state index is 6.05. The van der Waals surface area contributed by atoms with Crippen molar-refractivity contribution in [3.05, 3.63) is 93.2 Å². The van der Waals surface area contributed by atoms with Crippen LogP contribution in [0.5, 0.6) is 11.5 Å². The Morgan fingerprint density at radius 1 is 0.967 bits per heavy atom. The van der Waals surface area contributed by atoms with Gasteiger partial charge in [-0.1, -0.05) is 35.9 Å². The summed E-state index contributed by atoms with van der Waals surface area (Å²) in [6.07, 6.45) is 0.516. The van der Waals surface area contributed by atoms with Crippen molar-refractivity contribution in [2.45, 2.75) is 13.0 Å². The zero-order valence-electron chi connectivity index (χ0n) is 16.1. The Labute approximate surface area is 187 Å². The number of methoxy groups -OCH3 is 1. The molecule has 152 valence electrons. The molecule has 0 amide bonds. The molecule has 0 fully saturated rings. The fraction of sp³-hybridized carbons (Fsp3) is 0.130. The van der Waals surface area contributed by atoms with Crippen LogP contribution in [-0.2, 0) is 13.0 Å². The molecule has 1 aromatic heterocycles. The van der Waals surface area contributed by atoms with E-state index in [-0.39, 0.29) is 0 Å². The summed E-state index contributed by atoms with van der Waals surface area (Å²) >= 11 is 9.54. The highest BCUT2D eigenvalue weighted by molar-refractivity contribution is 9.10. The molecule has 0 atom stereocenters. The second-order valence-corrected chi connectivity index (χ2v) is 7.84. The lowest BCUT2D eigenvalue weighted by molar-refractivity contribution is 0.295. The first-order valence-corrected chi connectivity index (χ1v) is 10.4. The summed E-state index contributed by atoms with van der Waals surface area (Å²) in [4.78, 5) is 0. The van der Waals surface area contributed by atoms with Gasteiger partial charge in [0.15, 0.2) is 0 Å². The minimum absolute atomic E-state index is 0.336. The fourth-order valence-electron chi connectivity index (χ4n) is 3.00. The molecular weight excluding hydrogens is 468 g/mol. The molecule has 4 aromatic rings. The van der Waals surface area contributed by atoms with E-state index in [9.17, 15) is 0 Å². The summed E-state index contributed by atoms with van der Waals surface area (Å²) in [7, 11) is 1.63. The molecular formula is C23H18BrClN2O3.